The van der Waals surface area contributed by atoms with Gasteiger partial charge in [0.1, 0.15) is 11.6 Å². The average Bonchev–Trinajstić information content (AvgIpc) is 3.11. The van der Waals surface area contributed by atoms with Crippen LogP contribution < -0.4 is 21.1 Å². The first-order valence-corrected chi connectivity index (χ1v) is 11.8. The second-order valence-corrected chi connectivity index (χ2v) is 8.92. The molecule has 0 radical (unpaired) electrons. The SMILES string of the molecule is Nc1ccc(-c2c(N)c3ccc(Oc4nccc(N5CCOCC5)n4)cc3n2C2CCC2)cc1. The van der Waals surface area contributed by atoms with E-state index in [4.69, 9.17) is 20.9 Å². The normalized spacial score (nSPS) is 16.5. The summed E-state index contributed by atoms with van der Waals surface area (Å²) in [4.78, 5) is 11.2. The monoisotopic (exact) mass is 456 g/mol. The molecule has 6 rings (SSSR count). The van der Waals surface area contributed by atoms with E-state index >= 15 is 0 Å². The van der Waals surface area contributed by atoms with Gasteiger partial charge in [0.05, 0.1) is 30.1 Å². The molecule has 2 aliphatic rings. The van der Waals surface area contributed by atoms with Crippen LogP contribution in [0.1, 0.15) is 25.3 Å². The van der Waals surface area contributed by atoms with E-state index in [1.54, 1.807) is 6.20 Å². The fourth-order valence-electron chi connectivity index (χ4n) is 4.79. The Hall–Kier alpha value is -3.78. The van der Waals surface area contributed by atoms with Gasteiger partial charge in [0.25, 0.3) is 0 Å². The van der Waals surface area contributed by atoms with Crippen molar-refractivity contribution in [2.24, 2.45) is 0 Å². The summed E-state index contributed by atoms with van der Waals surface area (Å²) in [5.74, 6) is 1.54. The molecule has 1 saturated carbocycles. The zero-order valence-electron chi connectivity index (χ0n) is 19.0. The van der Waals surface area contributed by atoms with E-state index in [2.05, 4.69) is 25.5 Å². The van der Waals surface area contributed by atoms with Gasteiger partial charge in [-0.1, -0.05) is 12.1 Å². The first-order chi connectivity index (χ1) is 16.7. The minimum Gasteiger partial charge on any atom is -0.424 e. The molecular weight excluding hydrogens is 428 g/mol. The molecule has 2 aromatic heterocycles. The third-order valence-corrected chi connectivity index (χ3v) is 6.80. The lowest BCUT2D eigenvalue weighted by Gasteiger charge is -2.30. The molecule has 0 amide bonds. The van der Waals surface area contributed by atoms with E-state index < -0.39 is 0 Å². The van der Waals surface area contributed by atoms with E-state index in [1.807, 2.05) is 42.5 Å². The van der Waals surface area contributed by atoms with Gasteiger partial charge in [0, 0.05) is 48.0 Å². The molecule has 0 spiro atoms. The zero-order chi connectivity index (χ0) is 23.1. The summed E-state index contributed by atoms with van der Waals surface area (Å²) in [5.41, 5.74) is 17.3. The van der Waals surface area contributed by atoms with Gasteiger partial charge in [-0.2, -0.15) is 4.98 Å². The van der Waals surface area contributed by atoms with Gasteiger partial charge < -0.3 is 30.4 Å². The van der Waals surface area contributed by atoms with Crippen LogP contribution in [-0.4, -0.2) is 40.8 Å². The first-order valence-electron chi connectivity index (χ1n) is 11.8. The highest BCUT2D eigenvalue weighted by Gasteiger charge is 2.27. The number of nitrogens with two attached hydrogens (primary N) is 2. The Bertz CT molecular complexity index is 1320. The van der Waals surface area contributed by atoms with E-state index in [0.29, 0.717) is 31.0 Å². The van der Waals surface area contributed by atoms with Gasteiger partial charge in [-0.15, -0.1) is 0 Å². The number of benzene rings is 2. The number of aromatic nitrogens is 3. The smallest absolute Gasteiger partial charge is 0.323 e. The minimum atomic E-state index is 0.330. The van der Waals surface area contributed by atoms with Crippen LogP contribution in [-0.2, 0) is 4.74 Å². The highest BCUT2D eigenvalue weighted by Crippen LogP contribution is 2.45. The third-order valence-electron chi connectivity index (χ3n) is 6.80. The number of hydrogen-bond acceptors (Lipinski definition) is 7. The molecule has 2 aromatic carbocycles. The summed E-state index contributed by atoms with van der Waals surface area (Å²) in [6.07, 6.45) is 5.24. The van der Waals surface area contributed by atoms with Crippen LogP contribution in [0.25, 0.3) is 22.2 Å². The molecule has 2 fully saturated rings. The fourth-order valence-corrected chi connectivity index (χ4v) is 4.79. The van der Waals surface area contributed by atoms with Crippen LogP contribution in [0, 0.1) is 0 Å². The lowest BCUT2D eigenvalue weighted by molar-refractivity contribution is 0.122. The average molecular weight is 457 g/mol. The number of nitrogen functional groups attached to an aromatic ring is 2. The van der Waals surface area contributed by atoms with Gasteiger partial charge >= 0.3 is 6.01 Å². The van der Waals surface area contributed by atoms with Crippen molar-refractivity contribution in [3.63, 3.8) is 0 Å². The molecule has 0 unspecified atom stereocenters. The summed E-state index contributed by atoms with van der Waals surface area (Å²) < 4.78 is 13.9. The Morgan fingerprint density at radius 2 is 1.76 bits per heavy atom. The van der Waals surface area contributed by atoms with Crippen molar-refractivity contribution in [1.29, 1.82) is 0 Å². The van der Waals surface area contributed by atoms with Crippen LogP contribution in [0.3, 0.4) is 0 Å². The molecule has 1 aliphatic carbocycles. The van der Waals surface area contributed by atoms with E-state index in [1.165, 1.54) is 6.42 Å². The zero-order valence-corrected chi connectivity index (χ0v) is 19.0. The molecule has 8 heteroatoms. The predicted molar refractivity (Wildman–Crippen MR) is 134 cm³/mol. The molecule has 1 aliphatic heterocycles. The van der Waals surface area contributed by atoms with Crippen molar-refractivity contribution in [1.82, 2.24) is 14.5 Å². The van der Waals surface area contributed by atoms with Crippen LogP contribution in [0.2, 0.25) is 0 Å². The summed E-state index contributed by atoms with van der Waals surface area (Å²) in [7, 11) is 0. The summed E-state index contributed by atoms with van der Waals surface area (Å²) in [5, 5.41) is 1.02. The maximum atomic E-state index is 6.70. The molecule has 0 bridgehead atoms. The third kappa shape index (κ3) is 3.70. The number of ether oxygens (including phenoxy) is 2. The van der Waals surface area contributed by atoms with Crippen molar-refractivity contribution < 1.29 is 9.47 Å². The topological polar surface area (TPSA) is 104 Å². The molecule has 8 nitrogen and oxygen atoms in total. The molecule has 0 atom stereocenters. The lowest BCUT2D eigenvalue weighted by Crippen LogP contribution is -2.36. The van der Waals surface area contributed by atoms with Crippen LogP contribution >= 0.6 is 0 Å². The van der Waals surface area contributed by atoms with Crippen molar-refractivity contribution in [3.8, 4) is 23.0 Å². The highest BCUT2D eigenvalue weighted by atomic mass is 16.5. The van der Waals surface area contributed by atoms with Gasteiger partial charge in [0.2, 0.25) is 0 Å². The summed E-state index contributed by atoms with van der Waals surface area (Å²) in [6.45, 7) is 3.02. The van der Waals surface area contributed by atoms with E-state index in [-0.39, 0.29) is 0 Å². The van der Waals surface area contributed by atoms with Crippen molar-refractivity contribution in [2.45, 2.75) is 25.3 Å². The van der Waals surface area contributed by atoms with E-state index in [0.717, 1.165) is 65.3 Å². The Balaban J connectivity index is 1.38. The van der Waals surface area contributed by atoms with Gasteiger partial charge in [0.15, 0.2) is 0 Å². The summed E-state index contributed by atoms with van der Waals surface area (Å²) >= 11 is 0. The van der Waals surface area contributed by atoms with Crippen molar-refractivity contribution >= 4 is 28.1 Å². The Morgan fingerprint density at radius 3 is 2.50 bits per heavy atom. The standard InChI is InChI=1S/C26H28N6O2/c27-18-6-4-17(5-7-18)25-24(28)21-9-8-20(16-22(21)32(25)19-2-1-3-19)34-26-29-11-10-23(30-26)31-12-14-33-15-13-31/h4-11,16,19H,1-3,12-15,27-28H2. The maximum absolute atomic E-state index is 6.70. The predicted octanol–water partition coefficient (Wildman–Crippen LogP) is 4.62. The molecule has 34 heavy (non-hydrogen) atoms. The lowest BCUT2D eigenvalue weighted by atomic mass is 9.92. The molecule has 174 valence electrons. The maximum Gasteiger partial charge on any atom is 0.323 e. The molecule has 3 heterocycles. The highest BCUT2D eigenvalue weighted by molar-refractivity contribution is 6.01. The van der Waals surface area contributed by atoms with Crippen molar-refractivity contribution in [2.75, 3.05) is 42.7 Å². The van der Waals surface area contributed by atoms with E-state index in [9.17, 15) is 0 Å². The molecule has 1 saturated heterocycles. The van der Waals surface area contributed by atoms with Gasteiger partial charge in [-0.05, 0) is 49.6 Å². The van der Waals surface area contributed by atoms with Gasteiger partial charge in [-0.3, -0.25) is 0 Å². The second kappa shape index (κ2) is 8.53. The van der Waals surface area contributed by atoms with Crippen LogP contribution in [0.5, 0.6) is 11.8 Å². The number of anilines is 3. The summed E-state index contributed by atoms with van der Waals surface area (Å²) in [6, 6.07) is 16.6. The van der Waals surface area contributed by atoms with Crippen LogP contribution in [0.15, 0.2) is 54.7 Å². The largest absolute Gasteiger partial charge is 0.424 e. The van der Waals surface area contributed by atoms with Crippen LogP contribution in [0.4, 0.5) is 17.2 Å². The van der Waals surface area contributed by atoms with Gasteiger partial charge in [-0.25, -0.2) is 4.98 Å². The Morgan fingerprint density at radius 1 is 0.971 bits per heavy atom. The van der Waals surface area contributed by atoms with Crippen molar-refractivity contribution in [3.05, 3.63) is 54.7 Å². The fraction of sp³-hybridized carbons (Fsp3) is 0.308. The second-order valence-electron chi connectivity index (χ2n) is 8.92. The number of morpholine rings is 1. The minimum absolute atomic E-state index is 0.330. The number of fused-ring (bicyclic) bond motifs is 1. The molecule has 4 N–H and O–H groups in total. The Labute approximate surface area is 198 Å². The number of rotatable bonds is 5. The quantitative estimate of drug-likeness (QED) is 0.422. The number of hydrogen-bond donors (Lipinski definition) is 2. The molecule has 4 aromatic rings. The molecular formula is C26H28N6O2. The Kier molecular flexibility index (Phi) is 5.22. The first kappa shape index (κ1) is 20.8. The number of nitrogens with zero attached hydrogens (tertiary/aromatic N) is 4.